The Hall–Kier alpha value is -1.34. The third kappa shape index (κ3) is 4.50. The van der Waals surface area contributed by atoms with Crippen molar-refractivity contribution in [1.82, 2.24) is 4.98 Å². The van der Waals surface area contributed by atoms with Crippen LogP contribution in [0.3, 0.4) is 0 Å². The average molecular weight is 265 g/mol. The molecule has 0 saturated heterocycles. The first-order chi connectivity index (χ1) is 8.54. The summed E-state index contributed by atoms with van der Waals surface area (Å²) in [4.78, 5) is 13.6. The van der Waals surface area contributed by atoms with E-state index in [9.17, 15) is 4.79 Å². The highest BCUT2D eigenvalue weighted by Crippen LogP contribution is 2.15. The summed E-state index contributed by atoms with van der Waals surface area (Å²) >= 11 is 0. The number of fused-ring (bicyclic) bond motifs is 1. The molecule has 1 unspecified atom stereocenters. The number of nitrogens with one attached hydrogen (secondary N) is 1. The van der Waals surface area contributed by atoms with Crippen molar-refractivity contribution in [3.63, 3.8) is 0 Å². The molecule has 2 aromatic rings. The summed E-state index contributed by atoms with van der Waals surface area (Å²) in [5.41, 5.74) is 2.54. The molecule has 1 aromatic heterocycles. The van der Waals surface area contributed by atoms with Crippen LogP contribution in [0.1, 0.15) is 25.8 Å². The molecule has 0 aliphatic heterocycles. The first-order valence-electron chi connectivity index (χ1n) is 5.97. The van der Waals surface area contributed by atoms with Gasteiger partial charge in [-0.2, -0.15) is 0 Å². The van der Waals surface area contributed by atoms with Crippen LogP contribution in [0.4, 0.5) is 0 Å². The molecule has 18 heavy (non-hydrogen) atoms. The lowest BCUT2D eigenvalue weighted by molar-refractivity contribution is -0.133. The molecule has 0 aliphatic rings. The molecule has 98 valence electrons. The number of benzene rings is 1. The topological polar surface area (TPSA) is 42.1 Å². The Morgan fingerprint density at radius 1 is 1.39 bits per heavy atom. The first-order valence-corrected chi connectivity index (χ1v) is 6.44. The van der Waals surface area contributed by atoms with Gasteiger partial charge in [0.1, 0.15) is 0 Å². The van der Waals surface area contributed by atoms with Crippen molar-refractivity contribution in [3.8, 4) is 0 Å². The van der Waals surface area contributed by atoms with E-state index in [4.69, 9.17) is 0 Å². The molecule has 0 saturated carbocycles. The third-order valence-electron chi connectivity index (χ3n) is 2.50. The summed E-state index contributed by atoms with van der Waals surface area (Å²) in [6, 6.07) is 8.31. The Morgan fingerprint density at radius 2 is 2.06 bits per heavy atom. The predicted octanol–water partition coefficient (Wildman–Crippen LogP) is 3.84. The van der Waals surface area contributed by atoms with Gasteiger partial charge in [0, 0.05) is 23.5 Å². The summed E-state index contributed by atoms with van der Waals surface area (Å²) in [5, 5.41) is 1.32. The van der Waals surface area contributed by atoms with Crippen LogP contribution in [0, 0.1) is 12.8 Å². The number of hydrogen-bond acceptors (Lipinski definition) is 2. The van der Waals surface area contributed by atoms with Gasteiger partial charge in [-0.3, -0.25) is 4.79 Å². The van der Waals surface area contributed by atoms with Crippen LogP contribution < -0.4 is 0 Å². The van der Waals surface area contributed by atoms with Crippen LogP contribution in [-0.2, 0) is 9.32 Å². The van der Waals surface area contributed by atoms with Crippen LogP contribution in [0.5, 0.6) is 0 Å². The second kappa shape index (κ2) is 7.17. The van der Waals surface area contributed by atoms with Gasteiger partial charge in [0.05, 0.1) is 9.47 Å². The fraction of sp³-hybridized carbons (Fsp3) is 0.357. The smallest absolute Gasteiger partial charge is 0.308 e. The number of aromatic amines is 1. The fourth-order valence-corrected chi connectivity index (χ4v) is 1.69. The van der Waals surface area contributed by atoms with Gasteiger partial charge in [-0.05, 0) is 24.5 Å². The molecule has 1 aromatic carbocycles. The highest BCUT2D eigenvalue weighted by molar-refractivity contribution is 7.10. The minimum Gasteiger partial charge on any atom is -0.451 e. The minimum atomic E-state index is -0.162. The molecule has 1 N–H and O–H groups in total. The molecule has 1 atom stereocenters. The van der Waals surface area contributed by atoms with Crippen molar-refractivity contribution in [3.05, 3.63) is 36.0 Å². The number of rotatable bonds is 2. The predicted molar refractivity (Wildman–Crippen MR) is 78.3 cm³/mol. The SMILES string of the molecule is CC(C)CC(=O)OP.Cc1c[nH]c2ccccc12. The lowest BCUT2D eigenvalue weighted by atomic mass is 10.1. The van der Waals surface area contributed by atoms with E-state index in [1.54, 1.807) is 0 Å². The van der Waals surface area contributed by atoms with Gasteiger partial charge in [0.15, 0.2) is 0 Å². The third-order valence-corrected chi connectivity index (χ3v) is 2.77. The fourth-order valence-electron chi connectivity index (χ4n) is 1.60. The highest BCUT2D eigenvalue weighted by atomic mass is 31.0. The molecule has 0 bridgehead atoms. The molecule has 4 heteroatoms. The molecule has 1 heterocycles. The van der Waals surface area contributed by atoms with Gasteiger partial charge in [0.25, 0.3) is 0 Å². The van der Waals surface area contributed by atoms with E-state index >= 15 is 0 Å². The standard InChI is InChI=1S/C9H9N.C5H11O2P/c1-7-6-10-9-5-3-2-4-8(7)9;1-4(2)3-5(6)7-8/h2-6,10H,1H3;4H,3,8H2,1-2H3. The van der Waals surface area contributed by atoms with Crippen LogP contribution in [0.25, 0.3) is 10.9 Å². The van der Waals surface area contributed by atoms with Crippen molar-refractivity contribution < 1.29 is 9.32 Å². The normalized spacial score (nSPS) is 10.1. The van der Waals surface area contributed by atoms with Gasteiger partial charge in [-0.15, -0.1) is 0 Å². The molecule has 0 amide bonds. The highest BCUT2D eigenvalue weighted by Gasteiger charge is 2.01. The lowest BCUT2D eigenvalue weighted by Gasteiger charge is -1.99. The number of para-hydroxylation sites is 1. The second-order valence-electron chi connectivity index (χ2n) is 4.61. The van der Waals surface area contributed by atoms with Gasteiger partial charge >= 0.3 is 5.97 Å². The van der Waals surface area contributed by atoms with E-state index in [-0.39, 0.29) is 5.97 Å². The number of carbonyl (C=O) groups is 1. The number of hydrogen-bond donors (Lipinski definition) is 1. The molecule has 0 fully saturated rings. The van der Waals surface area contributed by atoms with E-state index in [2.05, 4.69) is 34.6 Å². The molecule has 0 aliphatic carbocycles. The Morgan fingerprint density at radius 3 is 2.56 bits per heavy atom. The Kier molecular flexibility index (Phi) is 5.87. The second-order valence-corrected chi connectivity index (χ2v) is 4.84. The maximum atomic E-state index is 10.4. The summed E-state index contributed by atoms with van der Waals surface area (Å²) in [7, 11) is 1.93. The molecule has 3 nitrogen and oxygen atoms in total. The van der Waals surface area contributed by atoms with Gasteiger partial charge < -0.3 is 9.51 Å². The summed E-state index contributed by atoms with van der Waals surface area (Å²) in [6.45, 7) is 6.06. The van der Waals surface area contributed by atoms with Gasteiger partial charge in [-0.25, -0.2) is 0 Å². The van der Waals surface area contributed by atoms with Crippen LogP contribution in [-0.4, -0.2) is 11.0 Å². The summed E-state index contributed by atoms with van der Waals surface area (Å²) in [6.07, 6.45) is 2.54. The van der Waals surface area contributed by atoms with Crippen molar-refractivity contribution in [2.45, 2.75) is 27.2 Å². The molecule has 2 rings (SSSR count). The van der Waals surface area contributed by atoms with Crippen LogP contribution in [0.2, 0.25) is 0 Å². The quantitative estimate of drug-likeness (QED) is 0.838. The van der Waals surface area contributed by atoms with Crippen molar-refractivity contribution in [2.24, 2.45) is 5.92 Å². The average Bonchev–Trinajstić information content (AvgIpc) is 2.72. The zero-order chi connectivity index (χ0) is 13.5. The largest absolute Gasteiger partial charge is 0.451 e. The number of carbonyl (C=O) groups excluding carboxylic acids is 1. The zero-order valence-corrected chi connectivity index (χ0v) is 12.2. The van der Waals surface area contributed by atoms with E-state index < -0.39 is 0 Å². The van der Waals surface area contributed by atoms with Crippen molar-refractivity contribution in [1.29, 1.82) is 0 Å². The van der Waals surface area contributed by atoms with E-state index in [1.165, 1.54) is 16.5 Å². The zero-order valence-electron chi connectivity index (χ0n) is 11.1. The number of aromatic nitrogens is 1. The van der Waals surface area contributed by atoms with Crippen LogP contribution in [0.15, 0.2) is 30.5 Å². The van der Waals surface area contributed by atoms with Crippen LogP contribution >= 0.6 is 9.47 Å². The molecular weight excluding hydrogens is 245 g/mol. The summed E-state index contributed by atoms with van der Waals surface area (Å²) < 4.78 is 4.34. The van der Waals surface area contributed by atoms with Gasteiger partial charge in [-0.1, -0.05) is 32.0 Å². The van der Waals surface area contributed by atoms with E-state index in [0.717, 1.165) is 0 Å². The maximum absolute atomic E-state index is 10.4. The van der Waals surface area contributed by atoms with Crippen molar-refractivity contribution >= 4 is 26.3 Å². The maximum Gasteiger partial charge on any atom is 0.308 e. The number of H-pyrrole nitrogens is 1. The van der Waals surface area contributed by atoms with E-state index in [0.29, 0.717) is 12.3 Å². The lowest BCUT2D eigenvalue weighted by Crippen LogP contribution is -2.00. The minimum absolute atomic E-state index is 0.162. The van der Waals surface area contributed by atoms with Crippen molar-refractivity contribution in [2.75, 3.05) is 0 Å². The Balaban J connectivity index is 0.000000187. The molecule has 0 radical (unpaired) electrons. The van der Waals surface area contributed by atoms with Gasteiger partial charge in [0.2, 0.25) is 0 Å². The Labute approximate surface area is 110 Å². The Bertz CT molecular complexity index is 505. The first kappa shape index (κ1) is 14.7. The van der Waals surface area contributed by atoms with E-state index in [1.807, 2.05) is 35.6 Å². The molecular formula is C14H20NO2P. The molecule has 0 spiro atoms. The monoisotopic (exact) mass is 265 g/mol. The number of aryl methyl sites for hydroxylation is 1. The summed E-state index contributed by atoms with van der Waals surface area (Å²) in [5.74, 6) is 0.230.